The van der Waals surface area contributed by atoms with Crippen molar-refractivity contribution < 1.29 is 9.53 Å². The van der Waals surface area contributed by atoms with Gasteiger partial charge in [-0.15, -0.1) is 0 Å². The summed E-state index contributed by atoms with van der Waals surface area (Å²) in [7, 11) is 2.14. The van der Waals surface area contributed by atoms with Gasteiger partial charge in [-0.3, -0.25) is 4.79 Å². The summed E-state index contributed by atoms with van der Waals surface area (Å²) in [6.45, 7) is 9.75. The Morgan fingerprint density at radius 3 is 2.38 bits per heavy atom. The number of likely N-dealkylation sites (N-methyl/N-ethyl adjacent to an activating group) is 1. The van der Waals surface area contributed by atoms with Gasteiger partial charge in [0, 0.05) is 44.2 Å². The van der Waals surface area contributed by atoms with Crippen LogP contribution in [0.4, 0.5) is 0 Å². The number of piperazine rings is 1. The molecule has 1 saturated heterocycles. The smallest absolute Gasteiger partial charge is 0.166 e. The number of carbonyl (C=O) groups excluding carboxylic acids is 1. The third-order valence-corrected chi connectivity index (χ3v) is 4.03. The molecule has 0 bridgehead atoms. The van der Waals surface area contributed by atoms with Gasteiger partial charge in [0.2, 0.25) is 0 Å². The van der Waals surface area contributed by atoms with Crippen LogP contribution in [0.5, 0.6) is 5.75 Å². The standard InChI is InChI=1S/C17H26N2O2/c1-4-21-16-7-5-15(6-8-16)17(20)14(2)13-19-11-9-18(3)10-12-19/h5-8,14H,4,9-13H2,1-3H3/t14-/m0/s1. The van der Waals surface area contributed by atoms with E-state index in [0.717, 1.165) is 44.0 Å². The first-order valence-electron chi connectivity index (χ1n) is 7.78. The van der Waals surface area contributed by atoms with Crippen LogP contribution in [0.1, 0.15) is 24.2 Å². The molecular weight excluding hydrogens is 264 g/mol. The minimum atomic E-state index is 0.0337. The molecule has 4 heteroatoms. The molecule has 0 unspecified atom stereocenters. The first-order valence-corrected chi connectivity index (χ1v) is 7.78. The maximum Gasteiger partial charge on any atom is 0.166 e. The second-order valence-corrected chi connectivity index (χ2v) is 5.83. The van der Waals surface area contributed by atoms with Crippen LogP contribution in [0.2, 0.25) is 0 Å². The van der Waals surface area contributed by atoms with Crippen molar-refractivity contribution >= 4 is 5.78 Å². The van der Waals surface area contributed by atoms with Gasteiger partial charge in [-0.2, -0.15) is 0 Å². The molecule has 0 radical (unpaired) electrons. The summed E-state index contributed by atoms with van der Waals surface area (Å²) >= 11 is 0. The highest BCUT2D eigenvalue weighted by Crippen LogP contribution is 2.16. The van der Waals surface area contributed by atoms with E-state index >= 15 is 0 Å². The Morgan fingerprint density at radius 2 is 1.81 bits per heavy atom. The van der Waals surface area contributed by atoms with E-state index in [9.17, 15) is 4.79 Å². The number of rotatable bonds is 6. The molecule has 116 valence electrons. The zero-order valence-electron chi connectivity index (χ0n) is 13.3. The van der Waals surface area contributed by atoms with E-state index in [4.69, 9.17) is 4.74 Å². The lowest BCUT2D eigenvalue weighted by atomic mass is 9.98. The molecular formula is C17H26N2O2. The van der Waals surface area contributed by atoms with Crippen molar-refractivity contribution in [1.29, 1.82) is 0 Å². The lowest BCUT2D eigenvalue weighted by Gasteiger charge is -2.33. The van der Waals surface area contributed by atoms with Crippen LogP contribution in [0, 0.1) is 5.92 Å². The molecule has 21 heavy (non-hydrogen) atoms. The predicted octanol–water partition coefficient (Wildman–Crippen LogP) is 2.15. The molecule has 1 aromatic rings. The second-order valence-electron chi connectivity index (χ2n) is 5.83. The summed E-state index contributed by atoms with van der Waals surface area (Å²) < 4.78 is 5.41. The number of Topliss-reactive ketones (excluding diaryl/α,β-unsaturated/α-hetero) is 1. The number of benzene rings is 1. The summed E-state index contributed by atoms with van der Waals surface area (Å²) in [5.74, 6) is 1.07. The minimum Gasteiger partial charge on any atom is -0.494 e. The molecule has 4 nitrogen and oxygen atoms in total. The molecule has 0 saturated carbocycles. The number of hydrogen-bond donors (Lipinski definition) is 0. The molecule has 0 N–H and O–H groups in total. The van der Waals surface area contributed by atoms with Crippen LogP contribution in [0.25, 0.3) is 0 Å². The van der Waals surface area contributed by atoms with Crippen molar-refractivity contribution in [3.63, 3.8) is 0 Å². The third kappa shape index (κ3) is 4.55. The Hall–Kier alpha value is -1.39. The molecule has 0 aliphatic carbocycles. The molecule has 1 aliphatic heterocycles. The van der Waals surface area contributed by atoms with E-state index in [1.807, 2.05) is 38.1 Å². The van der Waals surface area contributed by atoms with E-state index in [-0.39, 0.29) is 11.7 Å². The van der Waals surface area contributed by atoms with E-state index in [2.05, 4.69) is 16.8 Å². The predicted molar refractivity (Wildman–Crippen MR) is 85.0 cm³/mol. The van der Waals surface area contributed by atoms with Crippen molar-refractivity contribution in [2.75, 3.05) is 46.4 Å². The van der Waals surface area contributed by atoms with Gasteiger partial charge in [0.25, 0.3) is 0 Å². The second kappa shape index (κ2) is 7.57. The van der Waals surface area contributed by atoms with Gasteiger partial charge < -0.3 is 14.5 Å². The Balaban J connectivity index is 1.89. The number of ether oxygens (including phenoxy) is 1. The maximum absolute atomic E-state index is 12.5. The molecule has 1 heterocycles. The molecule has 0 aromatic heterocycles. The molecule has 1 aliphatic rings. The molecule has 1 atom stereocenters. The van der Waals surface area contributed by atoms with E-state index in [1.165, 1.54) is 0 Å². The summed E-state index contributed by atoms with van der Waals surface area (Å²) in [4.78, 5) is 17.2. The van der Waals surface area contributed by atoms with Gasteiger partial charge in [-0.05, 0) is 38.2 Å². The summed E-state index contributed by atoms with van der Waals surface area (Å²) in [6, 6.07) is 7.49. The third-order valence-electron chi connectivity index (χ3n) is 4.03. The summed E-state index contributed by atoms with van der Waals surface area (Å²) in [5, 5.41) is 0. The number of carbonyl (C=O) groups is 1. The van der Waals surface area contributed by atoms with E-state index < -0.39 is 0 Å². The number of nitrogens with zero attached hydrogens (tertiary/aromatic N) is 2. The average molecular weight is 290 g/mol. The van der Waals surface area contributed by atoms with Crippen LogP contribution in [-0.4, -0.2) is 62.0 Å². The fourth-order valence-electron chi connectivity index (χ4n) is 2.67. The van der Waals surface area contributed by atoms with Crippen LogP contribution in [-0.2, 0) is 0 Å². The fraction of sp³-hybridized carbons (Fsp3) is 0.588. The van der Waals surface area contributed by atoms with E-state index in [0.29, 0.717) is 6.61 Å². The van der Waals surface area contributed by atoms with Gasteiger partial charge in [0.15, 0.2) is 5.78 Å². The normalized spacial score (nSPS) is 18.4. The summed E-state index contributed by atoms with van der Waals surface area (Å²) in [5.41, 5.74) is 0.778. The molecule has 1 fully saturated rings. The Bertz CT molecular complexity index is 450. The van der Waals surface area contributed by atoms with Crippen LogP contribution < -0.4 is 4.74 Å². The zero-order valence-corrected chi connectivity index (χ0v) is 13.3. The molecule has 0 spiro atoms. The Kier molecular flexibility index (Phi) is 5.76. The van der Waals surface area contributed by atoms with Crippen LogP contribution >= 0.6 is 0 Å². The largest absolute Gasteiger partial charge is 0.494 e. The highest BCUT2D eigenvalue weighted by molar-refractivity contribution is 5.97. The maximum atomic E-state index is 12.5. The quantitative estimate of drug-likeness (QED) is 0.752. The van der Waals surface area contributed by atoms with Gasteiger partial charge in [0.1, 0.15) is 5.75 Å². The average Bonchev–Trinajstić information content (AvgIpc) is 2.50. The lowest BCUT2D eigenvalue weighted by Crippen LogP contribution is -2.46. The first-order chi connectivity index (χ1) is 10.1. The topological polar surface area (TPSA) is 32.8 Å². The number of hydrogen-bond acceptors (Lipinski definition) is 4. The fourth-order valence-corrected chi connectivity index (χ4v) is 2.67. The monoisotopic (exact) mass is 290 g/mol. The highest BCUT2D eigenvalue weighted by Gasteiger charge is 2.21. The Morgan fingerprint density at radius 1 is 1.19 bits per heavy atom. The van der Waals surface area contributed by atoms with Gasteiger partial charge in [0.05, 0.1) is 6.61 Å². The van der Waals surface area contributed by atoms with E-state index in [1.54, 1.807) is 0 Å². The lowest BCUT2D eigenvalue weighted by molar-refractivity contribution is 0.0854. The Labute approximate surface area is 127 Å². The SMILES string of the molecule is CCOc1ccc(C(=O)[C@@H](C)CN2CCN(C)CC2)cc1. The van der Waals surface area contributed by atoms with Crippen molar-refractivity contribution in [3.8, 4) is 5.75 Å². The molecule has 2 rings (SSSR count). The van der Waals surface area contributed by atoms with Gasteiger partial charge >= 0.3 is 0 Å². The molecule has 1 aromatic carbocycles. The summed E-state index contributed by atoms with van der Waals surface area (Å²) in [6.07, 6.45) is 0. The highest BCUT2D eigenvalue weighted by atomic mass is 16.5. The van der Waals surface area contributed by atoms with Crippen molar-refractivity contribution in [3.05, 3.63) is 29.8 Å². The van der Waals surface area contributed by atoms with Crippen molar-refractivity contribution in [1.82, 2.24) is 9.80 Å². The van der Waals surface area contributed by atoms with Crippen molar-refractivity contribution in [2.24, 2.45) is 5.92 Å². The first kappa shape index (κ1) is 16.0. The van der Waals surface area contributed by atoms with Crippen LogP contribution in [0.15, 0.2) is 24.3 Å². The molecule has 0 amide bonds. The van der Waals surface area contributed by atoms with Crippen LogP contribution in [0.3, 0.4) is 0 Å². The van der Waals surface area contributed by atoms with Gasteiger partial charge in [-0.1, -0.05) is 6.92 Å². The zero-order chi connectivity index (χ0) is 15.2. The van der Waals surface area contributed by atoms with Gasteiger partial charge in [-0.25, -0.2) is 0 Å². The minimum absolute atomic E-state index is 0.0337. The number of ketones is 1. The van der Waals surface area contributed by atoms with Crippen molar-refractivity contribution in [2.45, 2.75) is 13.8 Å².